The molecule has 0 aliphatic rings. The summed E-state index contributed by atoms with van der Waals surface area (Å²) in [6.07, 6.45) is 6.54. The van der Waals surface area contributed by atoms with Gasteiger partial charge < -0.3 is 0 Å². The fourth-order valence-corrected chi connectivity index (χ4v) is 1.22. The molecule has 2 aromatic heterocycles. The molecule has 0 saturated carbocycles. The van der Waals surface area contributed by atoms with Crippen LogP contribution in [0.5, 0.6) is 0 Å². The molecule has 1 atom stereocenters. The Morgan fingerprint density at radius 3 is 2.80 bits per heavy atom. The van der Waals surface area contributed by atoms with E-state index in [1.807, 2.05) is 24.4 Å². The van der Waals surface area contributed by atoms with Gasteiger partial charge >= 0.3 is 0 Å². The zero-order valence-electron chi connectivity index (χ0n) is 9.81. The maximum absolute atomic E-state index is 4.33. The van der Waals surface area contributed by atoms with Crippen molar-refractivity contribution in [1.82, 2.24) is 19.6 Å². The van der Waals surface area contributed by atoms with Crippen molar-refractivity contribution < 1.29 is 0 Å². The number of rotatable bonds is 2. The van der Waals surface area contributed by atoms with E-state index in [1.165, 1.54) is 0 Å². The molecule has 0 N–H and O–H groups in total. The molecule has 0 aromatic carbocycles. The molecule has 82 valence electrons. The largest absolute Gasteiger partial charge is 0.286 e. The van der Waals surface area contributed by atoms with E-state index < -0.39 is 0 Å². The van der Waals surface area contributed by atoms with E-state index in [0.717, 1.165) is 17.8 Å². The van der Waals surface area contributed by atoms with Crippen molar-refractivity contribution in [3.8, 4) is 0 Å². The molecule has 4 heteroatoms. The lowest BCUT2D eigenvalue weighted by molar-refractivity contribution is 0.701. The summed E-state index contributed by atoms with van der Waals surface area (Å²) in [6, 6.07) is 0. The Bertz CT molecular complexity index is 408. The second kappa shape index (κ2) is 5.44. The second-order valence-electron chi connectivity index (χ2n) is 3.22. The molecule has 2 rings (SSSR count). The summed E-state index contributed by atoms with van der Waals surface area (Å²) in [5, 5.41) is 7.70. The molecule has 4 nitrogen and oxygen atoms in total. The van der Waals surface area contributed by atoms with Crippen LogP contribution in [0.2, 0.25) is 0 Å². The normalized spacial score (nSPS) is 12.0. The lowest BCUT2D eigenvalue weighted by Crippen LogP contribution is -1.98. The van der Waals surface area contributed by atoms with Gasteiger partial charge in [-0.05, 0) is 12.3 Å². The van der Waals surface area contributed by atoms with Gasteiger partial charge in [0.25, 0.3) is 0 Å². The SMILES string of the molecule is CC.CCC(C)c1cn2cnnc2cn1. The smallest absolute Gasteiger partial charge is 0.179 e. The Morgan fingerprint density at radius 1 is 1.40 bits per heavy atom. The summed E-state index contributed by atoms with van der Waals surface area (Å²) in [7, 11) is 0. The van der Waals surface area contributed by atoms with Gasteiger partial charge in [-0.1, -0.05) is 27.7 Å². The first-order chi connectivity index (χ1) is 7.31. The Kier molecular flexibility index (Phi) is 4.21. The van der Waals surface area contributed by atoms with Crippen molar-refractivity contribution in [2.75, 3.05) is 0 Å². The van der Waals surface area contributed by atoms with Crippen LogP contribution in [-0.2, 0) is 0 Å². The summed E-state index contributed by atoms with van der Waals surface area (Å²) < 4.78 is 1.90. The number of hydrogen-bond acceptors (Lipinski definition) is 3. The van der Waals surface area contributed by atoms with E-state index in [-0.39, 0.29) is 0 Å². The highest BCUT2D eigenvalue weighted by Crippen LogP contribution is 2.15. The average Bonchev–Trinajstić information content (AvgIpc) is 2.77. The first-order valence-electron chi connectivity index (χ1n) is 5.46. The van der Waals surface area contributed by atoms with E-state index >= 15 is 0 Å². The Morgan fingerprint density at radius 2 is 2.13 bits per heavy atom. The average molecular weight is 206 g/mol. The molecule has 0 aliphatic carbocycles. The number of nitrogens with zero attached hydrogens (tertiary/aromatic N) is 4. The molecular formula is C11H18N4. The summed E-state index contributed by atoms with van der Waals surface area (Å²) in [5.74, 6) is 0.492. The molecular weight excluding hydrogens is 188 g/mol. The van der Waals surface area contributed by atoms with Crippen molar-refractivity contribution >= 4 is 5.65 Å². The fourth-order valence-electron chi connectivity index (χ4n) is 1.22. The van der Waals surface area contributed by atoms with E-state index in [0.29, 0.717) is 5.92 Å². The van der Waals surface area contributed by atoms with Gasteiger partial charge in [-0.2, -0.15) is 0 Å². The zero-order valence-corrected chi connectivity index (χ0v) is 9.81. The molecule has 0 saturated heterocycles. The van der Waals surface area contributed by atoms with Crippen LogP contribution in [0, 0.1) is 0 Å². The predicted molar refractivity (Wildman–Crippen MR) is 60.8 cm³/mol. The highest BCUT2D eigenvalue weighted by atomic mass is 15.2. The summed E-state index contributed by atoms with van der Waals surface area (Å²) in [5.41, 5.74) is 1.89. The van der Waals surface area contributed by atoms with Gasteiger partial charge in [0.2, 0.25) is 0 Å². The zero-order chi connectivity index (χ0) is 11.3. The minimum atomic E-state index is 0.492. The van der Waals surface area contributed by atoms with Crippen molar-refractivity contribution in [3.63, 3.8) is 0 Å². The Labute approximate surface area is 90.4 Å². The minimum absolute atomic E-state index is 0.492. The standard InChI is InChI=1S/C9H12N4.C2H6/c1-3-7(2)8-5-13-6-11-12-9(13)4-10-8;1-2/h4-7H,3H2,1-2H3;1-2H3. The molecule has 2 heterocycles. The first kappa shape index (κ1) is 11.6. The van der Waals surface area contributed by atoms with Gasteiger partial charge in [0, 0.05) is 6.20 Å². The number of fused-ring (bicyclic) bond motifs is 1. The van der Waals surface area contributed by atoms with Gasteiger partial charge in [0.15, 0.2) is 5.65 Å². The summed E-state index contributed by atoms with van der Waals surface area (Å²) in [6.45, 7) is 8.32. The molecule has 0 amide bonds. The third-order valence-corrected chi connectivity index (χ3v) is 2.32. The topological polar surface area (TPSA) is 43.1 Å². The van der Waals surface area contributed by atoms with Crippen molar-refractivity contribution in [3.05, 3.63) is 24.4 Å². The fraction of sp³-hybridized carbons (Fsp3) is 0.545. The molecule has 0 radical (unpaired) electrons. The molecule has 0 aliphatic heterocycles. The third-order valence-electron chi connectivity index (χ3n) is 2.32. The van der Waals surface area contributed by atoms with E-state index in [9.17, 15) is 0 Å². The molecule has 1 unspecified atom stereocenters. The first-order valence-corrected chi connectivity index (χ1v) is 5.46. The van der Waals surface area contributed by atoms with Crippen molar-refractivity contribution in [2.45, 2.75) is 40.0 Å². The van der Waals surface area contributed by atoms with Crippen LogP contribution in [0.25, 0.3) is 5.65 Å². The van der Waals surface area contributed by atoms with Crippen LogP contribution in [0.1, 0.15) is 45.7 Å². The lowest BCUT2D eigenvalue weighted by atomic mass is 10.1. The summed E-state index contributed by atoms with van der Waals surface area (Å²) >= 11 is 0. The minimum Gasteiger partial charge on any atom is -0.286 e. The van der Waals surface area contributed by atoms with E-state index in [4.69, 9.17) is 0 Å². The van der Waals surface area contributed by atoms with Gasteiger partial charge in [0.1, 0.15) is 6.33 Å². The van der Waals surface area contributed by atoms with Crippen LogP contribution in [0.3, 0.4) is 0 Å². The third kappa shape index (κ3) is 2.52. The van der Waals surface area contributed by atoms with Crippen LogP contribution in [-0.4, -0.2) is 19.6 Å². The Hall–Kier alpha value is -1.45. The van der Waals surface area contributed by atoms with Crippen LogP contribution < -0.4 is 0 Å². The molecule has 0 bridgehead atoms. The second-order valence-corrected chi connectivity index (χ2v) is 3.22. The molecule has 0 fully saturated rings. The van der Waals surface area contributed by atoms with Crippen LogP contribution in [0.4, 0.5) is 0 Å². The van der Waals surface area contributed by atoms with E-state index in [1.54, 1.807) is 12.5 Å². The van der Waals surface area contributed by atoms with E-state index in [2.05, 4.69) is 29.0 Å². The highest BCUT2D eigenvalue weighted by molar-refractivity contribution is 5.33. The monoisotopic (exact) mass is 206 g/mol. The predicted octanol–water partition coefficient (Wildman–Crippen LogP) is 2.66. The van der Waals surface area contributed by atoms with Crippen LogP contribution in [0.15, 0.2) is 18.7 Å². The lowest BCUT2D eigenvalue weighted by Gasteiger charge is -2.06. The quantitative estimate of drug-likeness (QED) is 0.758. The van der Waals surface area contributed by atoms with Gasteiger partial charge in [0.05, 0.1) is 11.9 Å². The molecule has 2 aromatic rings. The van der Waals surface area contributed by atoms with Gasteiger partial charge in [-0.3, -0.25) is 9.38 Å². The van der Waals surface area contributed by atoms with Gasteiger partial charge in [-0.25, -0.2) is 0 Å². The Balaban J connectivity index is 0.000000531. The van der Waals surface area contributed by atoms with Crippen LogP contribution >= 0.6 is 0 Å². The molecule has 15 heavy (non-hydrogen) atoms. The summed E-state index contributed by atoms with van der Waals surface area (Å²) in [4.78, 5) is 4.33. The van der Waals surface area contributed by atoms with Gasteiger partial charge in [-0.15, -0.1) is 10.2 Å². The maximum atomic E-state index is 4.33. The maximum Gasteiger partial charge on any atom is 0.179 e. The molecule has 0 spiro atoms. The van der Waals surface area contributed by atoms with Crippen molar-refractivity contribution in [1.29, 1.82) is 0 Å². The van der Waals surface area contributed by atoms with Crippen molar-refractivity contribution in [2.24, 2.45) is 0 Å². The number of aromatic nitrogens is 4. The number of hydrogen-bond donors (Lipinski definition) is 0. The highest BCUT2D eigenvalue weighted by Gasteiger charge is 2.05.